The number of rotatable bonds is 6. The fourth-order valence-corrected chi connectivity index (χ4v) is 4.81. The molecule has 3 heteroatoms. The molecular weight excluding hydrogens is 396 g/mol. The first-order valence-corrected chi connectivity index (χ1v) is 10.8. The Balaban J connectivity index is 1.97. The van der Waals surface area contributed by atoms with Crippen LogP contribution in [-0.2, 0) is 4.89 Å². The van der Waals surface area contributed by atoms with Gasteiger partial charge in [0.15, 0.2) is 0 Å². The van der Waals surface area contributed by atoms with E-state index in [1.54, 1.807) is 0 Å². The van der Waals surface area contributed by atoms with Crippen LogP contribution in [0.2, 0.25) is 0 Å². The molecular formula is C29H24O3. The summed E-state index contributed by atoms with van der Waals surface area (Å²) in [7, 11) is 0. The zero-order chi connectivity index (χ0) is 22.1. The first kappa shape index (κ1) is 20.4. The molecule has 32 heavy (non-hydrogen) atoms. The molecule has 5 aromatic rings. The van der Waals surface area contributed by atoms with Crippen molar-refractivity contribution in [3.05, 3.63) is 96.6 Å². The number of aliphatic hydroxyl groups is 1. The van der Waals surface area contributed by atoms with Crippen LogP contribution in [0.3, 0.4) is 0 Å². The molecule has 0 fully saturated rings. The third-order valence-electron chi connectivity index (χ3n) is 6.14. The summed E-state index contributed by atoms with van der Waals surface area (Å²) in [5.74, 6) is 0. The molecule has 0 saturated heterocycles. The summed E-state index contributed by atoms with van der Waals surface area (Å²) in [6.07, 6.45) is 5.51. The molecule has 1 atom stereocenters. The second kappa shape index (κ2) is 8.56. The van der Waals surface area contributed by atoms with Crippen molar-refractivity contribution in [3.63, 3.8) is 0 Å². The Kier molecular flexibility index (Phi) is 5.46. The van der Waals surface area contributed by atoms with Crippen molar-refractivity contribution < 1.29 is 15.3 Å². The summed E-state index contributed by atoms with van der Waals surface area (Å²) in [4.78, 5) is 4.08. The summed E-state index contributed by atoms with van der Waals surface area (Å²) in [5, 5.41) is 28.2. The monoisotopic (exact) mass is 420 g/mol. The molecule has 3 nitrogen and oxygen atoms in total. The third kappa shape index (κ3) is 3.28. The molecule has 0 bridgehead atoms. The maximum atomic E-state index is 10.00. The van der Waals surface area contributed by atoms with E-state index < -0.39 is 6.10 Å². The van der Waals surface area contributed by atoms with Crippen molar-refractivity contribution in [3.8, 4) is 0 Å². The number of benzene rings is 5. The third-order valence-corrected chi connectivity index (χ3v) is 6.14. The topological polar surface area (TPSA) is 49.7 Å². The highest BCUT2D eigenvalue weighted by molar-refractivity contribution is 6.34. The van der Waals surface area contributed by atoms with Gasteiger partial charge in [-0.1, -0.05) is 97.6 Å². The van der Waals surface area contributed by atoms with Gasteiger partial charge in [-0.15, -0.1) is 0 Å². The molecule has 1 unspecified atom stereocenters. The number of aliphatic hydroxyl groups excluding tert-OH is 1. The van der Waals surface area contributed by atoms with E-state index in [0.717, 1.165) is 16.5 Å². The van der Waals surface area contributed by atoms with Gasteiger partial charge in [-0.25, -0.2) is 4.89 Å². The second-order valence-electron chi connectivity index (χ2n) is 8.01. The van der Waals surface area contributed by atoms with Crippen LogP contribution in [0.4, 0.5) is 0 Å². The van der Waals surface area contributed by atoms with Crippen LogP contribution < -0.4 is 0 Å². The average Bonchev–Trinajstić information content (AvgIpc) is 2.84. The van der Waals surface area contributed by atoms with E-state index in [9.17, 15) is 5.11 Å². The zero-order valence-corrected chi connectivity index (χ0v) is 17.7. The lowest BCUT2D eigenvalue weighted by Gasteiger charge is -2.18. The van der Waals surface area contributed by atoms with Crippen molar-refractivity contribution in [1.29, 1.82) is 0 Å². The molecule has 5 rings (SSSR count). The van der Waals surface area contributed by atoms with Crippen LogP contribution in [0.25, 0.3) is 55.2 Å². The predicted molar refractivity (Wildman–Crippen MR) is 135 cm³/mol. The second-order valence-corrected chi connectivity index (χ2v) is 8.01. The minimum absolute atomic E-state index is 0.120. The highest BCUT2D eigenvalue weighted by atomic mass is 17.1. The number of hydrogen-bond acceptors (Lipinski definition) is 3. The van der Waals surface area contributed by atoms with E-state index in [-0.39, 0.29) is 6.61 Å². The van der Waals surface area contributed by atoms with Gasteiger partial charge in [-0.2, -0.15) is 0 Å². The fourth-order valence-electron chi connectivity index (χ4n) is 4.81. The van der Waals surface area contributed by atoms with Crippen molar-refractivity contribution in [2.75, 3.05) is 6.61 Å². The number of hydrogen-bond donors (Lipinski definition) is 2. The standard InChI is InChI=1S/C29H24O3/c1-2-20-21-11-3-6-14-25(21)29-27-16-8-5-13-23(27)22-12-4-7-15-26(22)28(29)24(20)17-9-10-19(30)18-32-31/h2-9,11-17,19,30-31H,1,10,18H2/b17-9-. The van der Waals surface area contributed by atoms with Gasteiger partial charge in [0.2, 0.25) is 0 Å². The summed E-state index contributed by atoms with van der Waals surface area (Å²) in [6, 6.07) is 25.5. The molecule has 2 N–H and O–H groups in total. The number of fused-ring (bicyclic) bond motifs is 8. The molecule has 0 saturated carbocycles. The summed E-state index contributed by atoms with van der Waals surface area (Å²) < 4.78 is 0. The maximum absolute atomic E-state index is 10.00. The van der Waals surface area contributed by atoms with Crippen LogP contribution in [-0.4, -0.2) is 23.1 Å². The Labute approximate surface area is 186 Å². The molecule has 0 radical (unpaired) electrons. The van der Waals surface area contributed by atoms with Crippen LogP contribution in [0.1, 0.15) is 17.5 Å². The molecule has 0 aromatic heterocycles. The Bertz CT molecular complexity index is 1500. The molecule has 0 aliphatic heterocycles. The van der Waals surface area contributed by atoms with E-state index >= 15 is 0 Å². The van der Waals surface area contributed by atoms with Crippen molar-refractivity contribution in [2.45, 2.75) is 12.5 Å². The van der Waals surface area contributed by atoms with Gasteiger partial charge in [-0.05, 0) is 60.6 Å². The molecule has 0 spiro atoms. The van der Waals surface area contributed by atoms with Gasteiger partial charge >= 0.3 is 0 Å². The predicted octanol–water partition coefficient (Wildman–Crippen LogP) is 7.20. The minimum atomic E-state index is -0.771. The Hall–Kier alpha value is -3.50. The van der Waals surface area contributed by atoms with E-state index in [0.29, 0.717) is 6.42 Å². The Morgan fingerprint density at radius 2 is 1.22 bits per heavy atom. The van der Waals surface area contributed by atoms with Crippen LogP contribution in [0, 0.1) is 0 Å². The van der Waals surface area contributed by atoms with E-state index in [1.165, 1.54) is 37.7 Å². The SMILES string of the molecule is C=Cc1c(/C=C\CC(O)COO)c2c3ccccc3c3ccccc3c2c2ccccc12. The zero-order valence-electron chi connectivity index (χ0n) is 17.7. The highest BCUT2D eigenvalue weighted by Gasteiger charge is 2.17. The summed E-state index contributed by atoms with van der Waals surface area (Å²) in [5.41, 5.74) is 2.14. The summed E-state index contributed by atoms with van der Waals surface area (Å²) >= 11 is 0. The van der Waals surface area contributed by atoms with Gasteiger partial charge in [0.05, 0.1) is 6.10 Å². The molecule has 158 valence electrons. The first-order valence-electron chi connectivity index (χ1n) is 10.8. The smallest absolute Gasteiger partial charge is 0.108 e. The average molecular weight is 421 g/mol. The van der Waals surface area contributed by atoms with Crippen LogP contribution in [0.15, 0.2) is 85.5 Å². The lowest BCUT2D eigenvalue weighted by atomic mass is 9.85. The van der Waals surface area contributed by atoms with Gasteiger partial charge < -0.3 is 5.11 Å². The van der Waals surface area contributed by atoms with E-state index in [4.69, 9.17) is 5.26 Å². The van der Waals surface area contributed by atoms with Crippen molar-refractivity contribution in [1.82, 2.24) is 0 Å². The molecule has 0 aliphatic rings. The Morgan fingerprint density at radius 1 is 0.719 bits per heavy atom. The van der Waals surface area contributed by atoms with Gasteiger partial charge in [0.1, 0.15) is 6.61 Å². The molecule has 5 aromatic carbocycles. The molecule has 0 heterocycles. The lowest BCUT2D eigenvalue weighted by molar-refractivity contribution is -0.256. The van der Waals surface area contributed by atoms with E-state index in [2.05, 4.69) is 90.3 Å². The largest absolute Gasteiger partial charge is 0.390 e. The van der Waals surface area contributed by atoms with Gasteiger partial charge in [-0.3, -0.25) is 5.26 Å². The molecule has 0 amide bonds. The molecule has 0 aliphatic carbocycles. The van der Waals surface area contributed by atoms with Gasteiger partial charge in [0, 0.05) is 0 Å². The van der Waals surface area contributed by atoms with Crippen LogP contribution in [0.5, 0.6) is 0 Å². The lowest BCUT2D eigenvalue weighted by Crippen LogP contribution is -2.12. The summed E-state index contributed by atoms with van der Waals surface area (Å²) in [6.45, 7) is 4.01. The van der Waals surface area contributed by atoms with Crippen molar-refractivity contribution >= 4 is 55.2 Å². The quantitative estimate of drug-likeness (QED) is 0.173. The fraction of sp³-hybridized carbons (Fsp3) is 0.103. The van der Waals surface area contributed by atoms with Crippen molar-refractivity contribution in [2.24, 2.45) is 0 Å². The first-order chi connectivity index (χ1) is 15.7. The van der Waals surface area contributed by atoms with Gasteiger partial charge in [0.25, 0.3) is 0 Å². The maximum Gasteiger partial charge on any atom is 0.108 e. The minimum Gasteiger partial charge on any atom is -0.390 e. The Morgan fingerprint density at radius 3 is 1.78 bits per heavy atom. The highest BCUT2D eigenvalue weighted by Crippen LogP contribution is 2.43. The van der Waals surface area contributed by atoms with Crippen LogP contribution >= 0.6 is 0 Å². The van der Waals surface area contributed by atoms with E-state index in [1.807, 2.05) is 12.2 Å². The normalized spacial score (nSPS) is 12.9.